The van der Waals surface area contributed by atoms with Gasteiger partial charge in [-0.15, -0.1) is 0 Å². The minimum absolute atomic E-state index is 0.0131. The number of fused-ring (bicyclic) bond motifs is 1. The minimum Gasteiger partial charge on any atom is -0.364 e. The van der Waals surface area contributed by atoms with Crippen LogP contribution >= 0.6 is 0 Å². The van der Waals surface area contributed by atoms with Crippen molar-refractivity contribution in [1.82, 2.24) is 14.4 Å². The molecule has 8 heteroatoms. The van der Waals surface area contributed by atoms with E-state index in [4.69, 9.17) is 11.5 Å². The lowest BCUT2D eigenvalue weighted by Crippen LogP contribution is -2.16. The highest BCUT2D eigenvalue weighted by atomic mass is 19.1. The molecule has 0 fully saturated rings. The van der Waals surface area contributed by atoms with Crippen LogP contribution in [0.5, 0.6) is 0 Å². The Hall–Kier alpha value is -3.29. The number of benzene rings is 1. The van der Waals surface area contributed by atoms with Crippen molar-refractivity contribution in [3.8, 4) is 11.3 Å². The molecule has 0 aliphatic heterocycles. The van der Waals surface area contributed by atoms with Gasteiger partial charge in [0.2, 0.25) is 5.78 Å². The fraction of sp³-hybridized carbons (Fsp3) is 0. The van der Waals surface area contributed by atoms with E-state index in [1.54, 1.807) is 0 Å². The van der Waals surface area contributed by atoms with Gasteiger partial charge in [0.1, 0.15) is 22.9 Å². The molecule has 0 aliphatic rings. The number of amides is 2. The van der Waals surface area contributed by atoms with Crippen molar-refractivity contribution in [1.29, 1.82) is 0 Å². The second-order valence-corrected chi connectivity index (χ2v) is 4.53. The van der Waals surface area contributed by atoms with E-state index in [0.29, 0.717) is 5.56 Å². The fourth-order valence-electron chi connectivity index (χ4n) is 2.11. The lowest BCUT2D eigenvalue weighted by Gasteiger charge is -2.01. The number of nitrogens with zero attached hydrogens (tertiary/aromatic N) is 3. The summed E-state index contributed by atoms with van der Waals surface area (Å²) < 4.78 is 14.4. The first-order valence-corrected chi connectivity index (χ1v) is 6.22. The topological polar surface area (TPSA) is 116 Å². The Morgan fingerprint density at radius 3 is 2.27 bits per heavy atom. The minimum atomic E-state index is -0.722. The maximum absolute atomic E-state index is 13.0. The largest absolute Gasteiger partial charge is 0.364 e. The average molecular weight is 299 g/mol. The van der Waals surface area contributed by atoms with Gasteiger partial charge in [-0.2, -0.15) is 0 Å². The first-order valence-electron chi connectivity index (χ1n) is 6.22. The van der Waals surface area contributed by atoms with E-state index in [1.807, 2.05) is 0 Å². The van der Waals surface area contributed by atoms with Crippen molar-refractivity contribution in [3.63, 3.8) is 0 Å². The van der Waals surface area contributed by atoms with Gasteiger partial charge in [-0.1, -0.05) is 0 Å². The zero-order chi connectivity index (χ0) is 15.9. The zero-order valence-corrected chi connectivity index (χ0v) is 11.2. The summed E-state index contributed by atoms with van der Waals surface area (Å²) in [4.78, 5) is 31.1. The van der Waals surface area contributed by atoms with Crippen LogP contribution in [0.3, 0.4) is 0 Å². The molecule has 0 spiro atoms. The van der Waals surface area contributed by atoms with Gasteiger partial charge in [0.15, 0.2) is 0 Å². The zero-order valence-electron chi connectivity index (χ0n) is 11.2. The third-order valence-corrected chi connectivity index (χ3v) is 3.10. The lowest BCUT2D eigenvalue weighted by molar-refractivity contribution is 0.0989. The van der Waals surface area contributed by atoms with Crippen molar-refractivity contribution >= 4 is 17.6 Å². The summed E-state index contributed by atoms with van der Waals surface area (Å²) in [7, 11) is 0. The second kappa shape index (κ2) is 4.92. The molecule has 0 aliphatic carbocycles. The van der Waals surface area contributed by atoms with E-state index < -0.39 is 17.6 Å². The van der Waals surface area contributed by atoms with Gasteiger partial charge in [-0.05, 0) is 30.3 Å². The van der Waals surface area contributed by atoms with Crippen LogP contribution in [0, 0.1) is 5.82 Å². The second-order valence-electron chi connectivity index (χ2n) is 4.53. The summed E-state index contributed by atoms with van der Waals surface area (Å²) in [5.74, 6) is -1.75. The summed E-state index contributed by atoms with van der Waals surface area (Å²) in [6.07, 6.45) is 1.43. The molecule has 2 heterocycles. The van der Waals surface area contributed by atoms with Gasteiger partial charge in [-0.3, -0.25) is 14.0 Å². The number of halogens is 1. The van der Waals surface area contributed by atoms with E-state index in [-0.39, 0.29) is 22.9 Å². The molecule has 1 aromatic carbocycles. The first-order chi connectivity index (χ1) is 10.5. The van der Waals surface area contributed by atoms with Gasteiger partial charge in [0.25, 0.3) is 11.8 Å². The molecule has 2 amide bonds. The SMILES string of the molecule is NC(=O)c1ccn2c(C(N)=O)c(-c3ccc(F)cc3)nc2n1. The van der Waals surface area contributed by atoms with Gasteiger partial charge >= 0.3 is 0 Å². The molecule has 110 valence electrons. The van der Waals surface area contributed by atoms with E-state index in [0.717, 1.165) is 0 Å². The number of hydrogen-bond donors (Lipinski definition) is 2. The van der Waals surface area contributed by atoms with Crippen LogP contribution in [-0.2, 0) is 0 Å². The molecule has 0 saturated carbocycles. The van der Waals surface area contributed by atoms with Gasteiger partial charge in [0, 0.05) is 11.8 Å². The van der Waals surface area contributed by atoms with Gasteiger partial charge in [0.05, 0.1) is 0 Å². The highest BCUT2D eigenvalue weighted by Gasteiger charge is 2.20. The third-order valence-electron chi connectivity index (χ3n) is 3.10. The van der Waals surface area contributed by atoms with Crippen LogP contribution in [0.25, 0.3) is 17.0 Å². The molecule has 3 aromatic rings. The molecule has 0 radical (unpaired) electrons. The predicted molar refractivity (Wildman–Crippen MR) is 75.4 cm³/mol. The Kier molecular flexibility index (Phi) is 3.06. The number of imidazole rings is 1. The average Bonchev–Trinajstić information content (AvgIpc) is 2.86. The molecule has 0 saturated heterocycles. The van der Waals surface area contributed by atoms with Crippen LogP contribution in [-0.4, -0.2) is 26.2 Å². The highest BCUT2D eigenvalue weighted by molar-refractivity contribution is 5.98. The van der Waals surface area contributed by atoms with Crippen LogP contribution in [0.4, 0.5) is 4.39 Å². The Bertz CT molecular complexity index is 901. The van der Waals surface area contributed by atoms with E-state index >= 15 is 0 Å². The number of hydrogen-bond acceptors (Lipinski definition) is 4. The van der Waals surface area contributed by atoms with Crippen molar-refractivity contribution < 1.29 is 14.0 Å². The third kappa shape index (κ3) is 2.16. The summed E-state index contributed by atoms with van der Waals surface area (Å²) in [6, 6.07) is 6.79. The maximum atomic E-state index is 13.0. The molecule has 3 rings (SSSR count). The summed E-state index contributed by atoms with van der Waals surface area (Å²) in [5.41, 5.74) is 11.4. The monoisotopic (exact) mass is 299 g/mol. The van der Waals surface area contributed by atoms with Crippen LogP contribution < -0.4 is 11.5 Å². The summed E-state index contributed by atoms with van der Waals surface area (Å²) in [5, 5.41) is 0. The van der Waals surface area contributed by atoms with Crippen molar-refractivity contribution in [2.45, 2.75) is 0 Å². The van der Waals surface area contributed by atoms with Crippen LogP contribution in [0.15, 0.2) is 36.5 Å². The summed E-state index contributed by atoms with van der Waals surface area (Å²) >= 11 is 0. The highest BCUT2D eigenvalue weighted by Crippen LogP contribution is 2.24. The molecule has 7 nitrogen and oxygen atoms in total. The number of nitrogens with two attached hydrogens (primary N) is 2. The first kappa shape index (κ1) is 13.7. The molecule has 2 aromatic heterocycles. The molecular formula is C14H10FN5O2. The van der Waals surface area contributed by atoms with E-state index in [9.17, 15) is 14.0 Å². The Morgan fingerprint density at radius 2 is 1.68 bits per heavy atom. The number of aromatic nitrogens is 3. The summed E-state index contributed by atoms with van der Waals surface area (Å²) in [6.45, 7) is 0. The predicted octanol–water partition coefficient (Wildman–Crippen LogP) is 0.733. The van der Waals surface area contributed by atoms with E-state index in [1.165, 1.54) is 40.9 Å². The molecular weight excluding hydrogens is 289 g/mol. The Labute approximate surface area is 123 Å². The van der Waals surface area contributed by atoms with Crippen LogP contribution in [0.2, 0.25) is 0 Å². The van der Waals surface area contributed by atoms with Crippen molar-refractivity contribution in [2.75, 3.05) is 0 Å². The lowest BCUT2D eigenvalue weighted by atomic mass is 10.1. The molecule has 0 atom stereocenters. The van der Waals surface area contributed by atoms with Gasteiger partial charge < -0.3 is 11.5 Å². The number of carbonyl (C=O) groups is 2. The number of primary amides is 2. The standard InChI is InChI=1S/C14H10FN5O2/c15-8-3-1-7(2-4-8)10-11(13(17)22)20-6-5-9(12(16)21)18-14(20)19-10/h1-6H,(H2,16,21)(H2,17,22). The maximum Gasteiger partial charge on any atom is 0.268 e. The van der Waals surface area contributed by atoms with Crippen molar-refractivity contribution in [2.24, 2.45) is 11.5 Å². The van der Waals surface area contributed by atoms with Gasteiger partial charge in [-0.25, -0.2) is 14.4 Å². The Morgan fingerprint density at radius 1 is 1.00 bits per heavy atom. The number of carbonyl (C=O) groups excluding carboxylic acids is 2. The Balaban J connectivity index is 2.29. The quantitative estimate of drug-likeness (QED) is 0.741. The normalized spacial score (nSPS) is 10.8. The molecule has 0 bridgehead atoms. The van der Waals surface area contributed by atoms with Crippen LogP contribution in [0.1, 0.15) is 21.0 Å². The smallest absolute Gasteiger partial charge is 0.268 e. The fourth-order valence-corrected chi connectivity index (χ4v) is 2.11. The molecule has 0 unspecified atom stereocenters. The molecule has 4 N–H and O–H groups in total. The molecule has 22 heavy (non-hydrogen) atoms. The van der Waals surface area contributed by atoms with E-state index in [2.05, 4.69) is 9.97 Å². The van der Waals surface area contributed by atoms with Crippen molar-refractivity contribution in [3.05, 3.63) is 53.7 Å². The number of rotatable bonds is 3.